The fraction of sp³-hybridized carbons (Fsp3) is 0.588. The number of piperazine rings is 1. The van der Waals surface area contributed by atoms with Gasteiger partial charge in [-0.05, 0) is 29.5 Å². The summed E-state index contributed by atoms with van der Waals surface area (Å²) in [5.74, 6) is 0.345. The Hall–Kier alpha value is -1.51. The molecule has 1 amide bonds. The van der Waals surface area contributed by atoms with E-state index in [-0.39, 0.29) is 5.41 Å². The van der Waals surface area contributed by atoms with Crippen LogP contribution in [0.5, 0.6) is 0 Å². The van der Waals surface area contributed by atoms with Gasteiger partial charge in [-0.25, -0.2) is 0 Å². The third-order valence-corrected chi connectivity index (χ3v) is 4.59. The van der Waals surface area contributed by atoms with Crippen LogP contribution in [0.4, 0.5) is 5.69 Å². The summed E-state index contributed by atoms with van der Waals surface area (Å²) in [7, 11) is 0. The highest BCUT2D eigenvalue weighted by molar-refractivity contribution is 5.79. The molecule has 0 aromatic heterocycles. The molecule has 2 aliphatic rings. The minimum absolute atomic E-state index is 0.203. The van der Waals surface area contributed by atoms with Crippen molar-refractivity contribution in [1.29, 1.82) is 0 Å². The number of carbonyl (C=O) groups excluding carboxylic acids is 1. The van der Waals surface area contributed by atoms with E-state index in [1.165, 1.54) is 11.3 Å². The predicted molar refractivity (Wildman–Crippen MR) is 82.1 cm³/mol. The number of benzene rings is 1. The van der Waals surface area contributed by atoms with Crippen LogP contribution in [-0.2, 0) is 10.2 Å². The molecule has 20 heavy (non-hydrogen) atoms. The molecule has 3 heteroatoms. The van der Waals surface area contributed by atoms with Gasteiger partial charge in [0.25, 0.3) is 0 Å². The van der Waals surface area contributed by atoms with Gasteiger partial charge in [0.15, 0.2) is 0 Å². The molecule has 1 unspecified atom stereocenters. The second-order valence-corrected chi connectivity index (χ2v) is 7.02. The third kappa shape index (κ3) is 2.41. The first kappa shape index (κ1) is 13.5. The van der Waals surface area contributed by atoms with E-state index in [2.05, 4.69) is 54.8 Å². The monoisotopic (exact) mass is 272 g/mol. The Morgan fingerprint density at radius 1 is 1.10 bits per heavy atom. The van der Waals surface area contributed by atoms with E-state index in [1.54, 1.807) is 0 Å². The molecule has 0 spiro atoms. The lowest BCUT2D eigenvalue weighted by atomic mass is 9.87. The molecule has 2 aliphatic heterocycles. The SMILES string of the molecule is CC(C)(C)c1ccc(N2CCN3C(=O)CCC3C2)cc1. The molecule has 1 aromatic rings. The van der Waals surface area contributed by atoms with Gasteiger partial charge in [0.05, 0.1) is 0 Å². The molecule has 0 N–H and O–H groups in total. The summed E-state index contributed by atoms with van der Waals surface area (Å²) in [4.78, 5) is 16.2. The predicted octanol–water partition coefficient (Wildman–Crippen LogP) is 2.80. The summed E-state index contributed by atoms with van der Waals surface area (Å²) in [6, 6.07) is 9.36. The van der Waals surface area contributed by atoms with Crippen molar-refractivity contribution in [3.05, 3.63) is 29.8 Å². The maximum Gasteiger partial charge on any atom is 0.223 e. The Morgan fingerprint density at radius 2 is 1.80 bits per heavy atom. The number of amides is 1. The van der Waals surface area contributed by atoms with Gasteiger partial charge in [-0.1, -0.05) is 32.9 Å². The Labute approximate surface area is 121 Å². The van der Waals surface area contributed by atoms with E-state index in [0.717, 1.165) is 32.5 Å². The Balaban J connectivity index is 1.73. The maximum atomic E-state index is 11.7. The molecular weight excluding hydrogens is 248 g/mol. The van der Waals surface area contributed by atoms with Gasteiger partial charge < -0.3 is 9.80 Å². The fourth-order valence-corrected chi connectivity index (χ4v) is 3.27. The van der Waals surface area contributed by atoms with Gasteiger partial charge in [0.2, 0.25) is 5.91 Å². The molecular formula is C17H24N2O. The highest BCUT2D eigenvalue weighted by Crippen LogP contribution is 2.28. The number of hydrogen-bond acceptors (Lipinski definition) is 2. The van der Waals surface area contributed by atoms with Crippen LogP contribution in [0, 0.1) is 0 Å². The second kappa shape index (κ2) is 4.80. The van der Waals surface area contributed by atoms with Crippen LogP contribution in [0.25, 0.3) is 0 Å². The Bertz CT molecular complexity index is 501. The largest absolute Gasteiger partial charge is 0.368 e. The molecule has 1 aromatic carbocycles. The lowest BCUT2D eigenvalue weighted by Crippen LogP contribution is -2.51. The Kier molecular flexibility index (Phi) is 3.23. The van der Waals surface area contributed by atoms with Gasteiger partial charge in [-0.15, -0.1) is 0 Å². The summed E-state index contributed by atoms with van der Waals surface area (Å²) < 4.78 is 0. The molecule has 0 radical (unpaired) electrons. The number of fused-ring (bicyclic) bond motifs is 1. The first-order chi connectivity index (χ1) is 9.45. The lowest BCUT2D eigenvalue weighted by Gasteiger charge is -2.39. The van der Waals surface area contributed by atoms with E-state index >= 15 is 0 Å². The number of anilines is 1. The van der Waals surface area contributed by atoms with Gasteiger partial charge in [-0.3, -0.25) is 4.79 Å². The molecule has 2 heterocycles. The van der Waals surface area contributed by atoms with Crippen LogP contribution in [0.15, 0.2) is 24.3 Å². The molecule has 2 saturated heterocycles. The number of hydrogen-bond donors (Lipinski definition) is 0. The van der Waals surface area contributed by atoms with Crippen LogP contribution >= 0.6 is 0 Å². The third-order valence-electron chi connectivity index (χ3n) is 4.59. The van der Waals surface area contributed by atoms with E-state index in [1.807, 2.05) is 0 Å². The van der Waals surface area contributed by atoms with Crippen LogP contribution in [-0.4, -0.2) is 36.5 Å². The van der Waals surface area contributed by atoms with Crippen LogP contribution < -0.4 is 4.90 Å². The summed E-state index contributed by atoms with van der Waals surface area (Å²) in [6.45, 7) is 9.54. The zero-order chi connectivity index (χ0) is 14.3. The average molecular weight is 272 g/mol. The summed E-state index contributed by atoms with van der Waals surface area (Å²) in [5, 5.41) is 0. The zero-order valence-corrected chi connectivity index (χ0v) is 12.7. The summed E-state index contributed by atoms with van der Waals surface area (Å²) in [6.07, 6.45) is 1.76. The molecule has 3 nitrogen and oxygen atoms in total. The lowest BCUT2D eigenvalue weighted by molar-refractivity contribution is -0.129. The van der Waals surface area contributed by atoms with Gasteiger partial charge in [0, 0.05) is 37.8 Å². The highest BCUT2D eigenvalue weighted by atomic mass is 16.2. The first-order valence-electron chi connectivity index (χ1n) is 7.60. The van der Waals surface area contributed by atoms with Crippen LogP contribution in [0.1, 0.15) is 39.2 Å². The molecule has 0 aliphatic carbocycles. The molecule has 0 bridgehead atoms. The molecule has 108 valence electrons. The highest BCUT2D eigenvalue weighted by Gasteiger charge is 2.35. The minimum atomic E-state index is 0.203. The minimum Gasteiger partial charge on any atom is -0.368 e. The van der Waals surface area contributed by atoms with Crippen molar-refractivity contribution < 1.29 is 4.79 Å². The van der Waals surface area contributed by atoms with Crippen molar-refractivity contribution in [2.75, 3.05) is 24.5 Å². The molecule has 0 saturated carbocycles. The normalized spacial score (nSPS) is 23.1. The average Bonchev–Trinajstić information content (AvgIpc) is 2.79. The van der Waals surface area contributed by atoms with Crippen molar-refractivity contribution in [3.63, 3.8) is 0 Å². The fourth-order valence-electron chi connectivity index (χ4n) is 3.27. The Morgan fingerprint density at radius 3 is 2.45 bits per heavy atom. The zero-order valence-electron chi connectivity index (χ0n) is 12.7. The number of rotatable bonds is 1. The van der Waals surface area contributed by atoms with E-state index in [0.29, 0.717) is 11.9 Å². The molecule has 3 rings (SSSR count). The smallest absolute Gasteiger partial charge is 0.223 e. The van der Waals surface area contributed by atoms with Gasteiger partial charge >= 0.3 is 0 Å². The van der Waals surface area contributed by atoms with E-state index in [9.17, 15) is 4.79 Å². The van der Waals surface area contributed by atoms with Crippen molar-refractivity contribution >= 4 is 11.6 Å². The van der Waals surface area contributed by atoms with Gasteiger partial charge in [-0.2, -0.15) is 0 Å². The molecule has 1 atom stereocenters. The van der Waals surface area contributed by atoms with Crippen LogP contribution in [0.2, 0.25) is 0 Å². The second-order valence-electron chi connectivity index (χ2n) is 7.02. The van der Waals surface area contributed by atoms with Crippen LogP contribution in [0.3, 0.4) is 0 Å². The van der Waals surface area contributed by atoms with Crippen molar-refractivity contribution in [1.82, 2.24) is 4.90 Å². The summed E-state index contributed by atoms with van der Waals surface area (Å²) >= 11 is 0. The van der Waals surface area contributed by atoms with Crippen molar-refractivity contribution in [3.8, 4) is 0 Å². The topological polar surface area (TPSA) is 23.6 Å². The van der Waals surface area contributed by atoms with Gasteiger partial charge in [0.1, 0.15) is 0 Å². The van der Waals surface area contributed by atoms with Crippen molar-refractivity contribution in [2.24, 2.45) is 0 Å². The summed E-state index contributed by atoms with van der Waals surface area (Å²) in [5.41, 5.74) is 2.86. The van der Waals surface area contributed by atoms with E-state index < -0.39 is 0 Å². The quantitative estimate of drug-likeness (QED) is 0.785. The van der Waals surface area contributed by atoms with Crippen molar-refractivity contribution in [2.45, 2.75) is 45.1 Å². The standard InChI is InChI=1S/C17H24N2O/c1-17(2,3)13-4-6-14(7-5-13)18-10-11-19-15(12-18)8-9-16(19)20/h4-7,15H,8-12H2,1-3H3. The number of carbonyl (C=O) groups is 1. The maximum absolute atomic E-state index is 11.7. The number of nitrogens with zero attached hydrogens (tertiary/aromatic N) is 2. The van der Waals surface area contributed by atoms with E-state index in [4.69, 9.17) is 0 Å². The molecule has 2 fully saturated rings. The first-order valence-corrected chi connectivity index (χ1v) is 7.60.